The van der Waals surface area contributed by atoms with Gasteiger partial charge in [0, 0.05) is 6.42 Å². The van der Waals surface area contributed by atoms with Crippen molar-refractivity contribution in [1.29, 1.82) is 0 Å². The van der Waals surface area contributed by atoms with Crippen LogP contribution in [-0.2, 0) is 15.0 Å². The summed E-state index contributed by atoms with van der Waals surface area (Å²) in [5.41, 5.74) is 6.68. The van der Waals surface area contributed by atoms with Gasteiger partial charge in [0.15, 0.2) is 6.10 Å². The Labute approximate surface area is 149 Å². The molecule has 6 heteroatoms. The highest BCUT2D eigenvalue weighted by atomic mass is 16.5. The summed E-state index contributed by atoms with van der Waals surface area (Å²) in [5.74, 6) is -2.12. The average Bonchev–Trinajstić information content (AvgIpc) is 2.44. The van der Waals surface area contributed by atoms with Gasteiger partial charge in [-0.2, -0.15) is 0 Å². The minimum Gasteiger partial charge on any atom is -0.480 e. The second kappa shape index (κ2) is 7.87. The zero-order valence-corrected chi connectivity index (χ0v) is 15.6. The van der Waals surface area contributed by atoms with Gasteiger partial charge in [0.25, 0.3) is 0 Å². The Morgan fingerprint density at radius 1 is 1.04 bits per heavy atom. The van der Waals surface area contributed by atoms with E-state index in [9.17, 15) is 14.7 Å². The number of benzene rings is 1. The van der Waals surface area contributed by atoms with E-state index >= 15 is 0 Å². The van der Waals surface area contributed by atoms with Gasteiger partial charge in [0.1, 0.15) is 11.8 Å². The van der Waals surface area contributed by atoms with Crippen LogP contribution in [0.1, 0.15) is 53.0 Å². The summed E-state index contributed by atoms with van der Waals surface area (Å²) in [6.45, 7) is 10.9. The van der Waals surface area contributed by atoms with E-state index in [1.807, 2.05) is 12.1 Å². The first-order valence-corrected chi connectivity index (χ1v) is 8.30. The van der Waals surface area contributed by atoms with Gasteiger partial charge in [-0.15, -0.1) is 0 Å². The summed E-state index contributed by atoms with van der Waals surface area (Å²) in [7, 11) is 0. The van der Waals surface area contributed by atoms with Gasteiger partial charge < -0.3 is 20.7 Å². The van der Waals surface area contributed by atoms with Crippen LogP contribution in [0.3, 0.4) is 0 Å². The van der Waals surface area contributed by atoms with E-state index < -0.39 is 24.1 Å². The minimum absolute atomic E-state index is 0.0331. The molecule has 0 aliphatic carbocycles. The van der Waals surface area contributed by atoms with Gasteiger partial charge in [-0.3, -0.25) is 4.79 Å². The smallest absolute Gasteiger partial charge is 0.344 e. The fourth-order valence-corrected chi connectivity index (χ4v) is 3.11. The Balaban J connectivity index is 2.87. The van der Waals surface area contributed by atoms with E-state index in [-0.39, 0.29) is 17.3 Å². The Bertz CT molecular complexity index is 601. The van der Waals surface area contributed by atoms with E-state index in [1.54, 1.807) is 12.1 Å². The molecule has 6 nitrogen and oxygen atoms in total. The van der Waals surface area contributed by atoms with Gasteiger partial charge >= 0.3 is 11.9 Å². The van der Waals surface area contributed by atoms with Crippen LogP contribution >= 0.6 is 0 Å². The topological polar surface area (TPSA) is 110 Å². The molecule has 4 N–H and O–H groups in total. The molecule has 0 aromatic heterocycles. The fourth-order valence-electron chi connectivity index (χ4n) is 3.11. The first-order chi connectivity index (χ1) is 11.3. The molecule has 2 atom stereocenters. The van der Waals surface area contributed by atoms with E-state index in [4.69, 9.17) is 15.6 Å². The molecule has 1 aromatic carbocycles. The molecular weight excluding hydrogens is 322 g/mol. The highest BCUT2D eigenvalue weighted by molar-refractivity contribution is 5.77. The molecule has 140 valence electrons. The molecule has 1 rings (SSSR count). The van der Waals surface area contributed by atoms with Crippen molar-refractivity contribution in [2.45, 2.75) is 65.0 Å². The van der Waals surface area contributed by atoms with Gasteiger partial charge in [-0.05, 0) is 34.9 Å². The summed E-state index contributed by atoms with van der Waals surface area (Å²) in [5, 5.41) is 18.0. The van der Waals surface area contributed by atoms with Crippen LogP contribution in [0.15, 0.2) is 24.3 Å². The van der Waals surface area contributed by atoms with E-state index in [2.05, 4.69) is 34.6 Å². The summed E-state index contributed by atoms with van der Waals surface area (Å²) in [4.78, 5) is 22.1. The number of hydrogen-bond acceptors (Lipinski definition) is 4. The number of rotatable bonds is 8. The van der Waals surface area contributed by atoms with Gasteiger partial charge in [-0.25, -0.2) is 4.79 Å². The van der Waals surface area contributed by atoms with Crippen LogP contribution in [0, 0.1) is 5.41 Å². The second-order valence-corrected chi connectivity index (χ2v) is 8.27. The maximum absolute atomic E-state index is 11.3. The molecule has 1 aromatic rings. The van der Waals surface area contributed by atoms with Crippen molar-refractivity contribution in [3.05, 3.63) is 29.8 Å². The molecule has 0 saturated heterocycles. The lowest BCUT2D eigenvalue weighted by Gasteiger charge is -2.33. The van der Waals surface area contributed by atoms with Crippen LogP contribution < -0.4 is 10.5 Å². The van der Waals surface area contributed by atoms with E-state index in [1.165, 1.54) is 0 Å². The molecular formula is C19H29NO5. The molecule has 0 fully saturated rings. The number of carboxylic acids is 2. The van der Waals surface area contributed by atoms with Gasteiger partial charge in [-0.1, -0.05) is 46.8 Å². The minimum atomic E-state index is -1.31. The Morgan fingerprint density at radius 3 is 1.96 bits per heavy atom. The van der Waals surface area contributed by atoms with Crippen molar-refractivity contribution in [3.8, 4) is 5.75 Å². The highest BCUT2D eigenvalue weighted by Gasteiger charge is 2.28. The quantitative estimate of drug-likeness (QED) is 0.664. The number of hydrogen-bond donors (Lipinski definition) is 3. The lowest BCUT2D eigenvalue weighted by Crippen LogP contribution is -2.39. The van der Waals surface area contributed by atoms with Crippen LogP contribution in [-0.4, -0.2) is 34.3 Å². The summed E-state index contributed by atoms with van der Waals surface area (Å²) < 4.78 is 5.42. The van der Waals surface area contributed by atoms with Crippen LogP contribution in [0.5, 0.6) is 5.75 Å². The predicted molar refractivity (Wildman–Crippen MR) is 95.8 cm³/mol. The fraction of sp³-hybridized carbons (Fsp3) is 0.579. The number of ether oxygens (including phenoxy) is 1. The van der Waals surface area contributed by atoms with Crippen molar-refractivity contribution >= 4 is 11.9 Å². The Kier molecular flexibility index (Phi) is 6.60. The third kappa shape index (κ3) is 6.74. The van der Waals surface area contributed by atoms with E-state index in [0.717, 1.165) is 12.0 Å². The standard InChI is InChI=1S/C19H29NO5/c1-18(2,3)11-19(4,5)12-6-8-13(9-7-12)25-15(17(23)24)10-14(20)16(21)22/h6-9,14-15H,10-11,20H2,1-5H3,(H,21,22)(H,23,24). The molecule has 0 heterocycles. The maximum Gasteiger partial charge on any atom is 0.344 e. The van der Waals surface area contributed by atoms with Crippen LogP contribution in [0.25, 0.3) is 0 Å². The Hall–Kier alpha value is -2.08. The lowest BCUT2D eigenvalue weighted by atomic mass is 9.72. The van der Waals surface area contributed by atoms with E-state index in [0.29, 0.717) is 5.75 Å². The molecule has 0 aliphatic heterocycles. The van der Waals surface area contributed by atoms with Crippen molar-refractivity contribution in [1.82, 2.24) is 0 Å². The molecule has 2 unspecified atom stereocenters. The number of carboxylic acid groups (broad SMARTS) is 2. The highest BCUT2D eigenvalue weighted by Crippen LogP contribution is 2.36. The van der Waals surface area contributed by atoms with Crippen molar-refractivity contribution < 1.29 is 24.5 Å². The van der Waals surface area contributed by atoms with Crippen LogP contribution in [0.2, 0.25) is 0 Å². The normalized spacial score (nSPS) is 14.6. The molecule has 0 bridgehead atoms. The van der Waals surface area contributed by atoms with Crippen molar-refractivity contribution in [2.24, 2.45) is 11.1 Å². The van der Waals surface area contributed by atoms with Gasteiger partial charge in [0.2, 0.25) is 0 Å². The zero-order valence-electron chi connectivity index (χ0n) is 15.6. The molecule has 0 radical (unpaired) electrons. The van der Waals surface area contributed by atoms with Crippen molar-refractivity contribution in [2.75, 3.05) is 0 Å². The average molecular weight is 351 g/mol. The number of nitrogens with two attached hydrogens (primary N) is 1. The molecule has 0 amide bonds. The monoisotopic (exact) mass is 351 g/mol. The Morgan fingerprint density at radius 2 is 1.56 bits per heavy atom. The predicted octanol–water partition coefficient (Wildman–Crippen LogP) is 3.03. The molecule has 0 aliphatic rings. The van der Waals surface area contributed by atoms with Crippen LogP contribution in [0.4, 0.5) is 0 Å². The molecule has 0 spiro atoms. The molecule has 25 heavy (non-hydrogen) atoms. The van der Waals surface area contributed by atoms with Crippen molar-refractivity contribution in [3.63, 3.8) is 0 Å². The van der Waals surface area contributed by atoms with Gasteiger partial charge in [0.05, 0.1) is 0 Å². The number of carbonyl (C=O) groups is 2. The number of aliphatic carboxylic acids is 2. The first-order valence-electron chi connectivity index (χ1n) is 8.30. The third-order valence-electron chi connectivity index (χ3n) is 3.95. The SMILES string of the molecule is CC(C)(C)CC(C)(C)c1ccc(OC(CC(N)C(=O)O)C(=O)O)cc1. The third-order valence-corrected chi connectivity index (χ3v) is 3.95. The summed E-state index contributed by atoms with van der Waals surface area (Å²) in [6, 6.07) is 5.96. The summed E-state index contributed by atoms with van der Waals surface area (Å²) >= 11 is 0. The molecule has 0 saturated carbocycles. The zero-order chi connectivity index (χ0) is 19.4. The lowest BCUT2D eigenvalue weighted by molar-refractivity contribution is -0.146. The second-order valence-electron chi connectivity index (χ2n) is 8.27. The first kappa shape index (κ1) is 21.0. The summed E-state index contributed by atoms with van der Waals surface area (Å²) in [6.07, 6.45) is -0.618. The largest absolute Gasteiger partial charge is 0.480 e. The maximum atomic E-state index is 11.3.